The number of rotatable bonds is 11. The number of hydrogen-bond donors (Lipinski definition) is 3. The van der Waals surface area contributed by atoms with Gasteiger partial charge in [-0.3, -0.25) is 23.9 Å². The fourth-order valence-electron chi connectivity index (χ4n) is 6.25. The zero-order valence-electron chi connectivity index (χ0n) is 26.3. The van der Waals surface area contributed by atoms with Gasteiger partial charge in [0, 0.05) is 51.3 Å². The Morgan fingerprint density at radius 1 is 1.05 bits per heavy atom. The highest BCUT2D eigenvalue weighted by Gasteiger charge is 2.34. The van der Waals surface area contributed by atoms with Gasteiger partial charge in [0.1, 0.15) is 23.6 Å². The second-order valence-corrected chi connectivity index (χ2v) is 12.0. The van der Waals surface area contributed by atoms with Crippen LogP contribution in [0.15, 0.2) is 30.5 Å². The summed E-state index contributed by atoms with van der Waals surface area (Å²) in [6.45, 7) is 8.10. The van der Waals surface area contributed by atoms with Crippen molar-refractivity contribution in [1.82, 2.24) is 30.2 Å². The number of nitrogens with one attached hydrogen (secondary N) is 3. The van der Waals surface area contributed by atoms with Crippen molar-refractivity contribution >= 4 is 29.3 Å². The molecule has 4 amide bonds. The zero-order valence-corrected chi connectivity index (χ0v) is 26.3. The van der Waals surface area contributed by atoms with Crippen LogP contribution in [0.5, 0.6) is 0 Å². The van der Waals surface area contributed by atoms with Gasteiger partial charge in [0.15, 0.2) is 0 Å². The van der Waals surface area contributed by atoms with Crippen LogP contribution in [0, 0.1) is 11.7 Å². The highest BCUT2D eigenvalue weighted by Crippen LogP contribution is 2.28. The van der Waals surface area contributed by atoms with E-state index in [4.69, 9.17) is 0 Å². The fraction of sp³-hybridized carbons (Fsp3) is 0.594. The number of carbonyl (C=O) groups excluding carboxylic acids is 4. The van der Waals surface area contributed by atoms with Crippen LogP contribution >= 0.6 is 0 Å². The van der Waals surface area contributed by atoms with Gasteiger partial charge >= 0.3 is 0 Å². The summed E-state index contributed by atoms with van der Waals surface area (Å²) in [5.41, 5.74) is 0.865. The van der Waals surface area contributed by atoms with Crippen LogP contribution in [0.4, 0.5) is 10.1 Å². The van der Waals surface area contributed by atoms with E-state index in [1.807, 2.05) is 20.9 Å². The van der Waals surface area contributed by atoms with Crippen LogP contribution in [0.2, 0.25) is 0 Å². The van der Waals surface area contributed by atoms with Gasteiger partial charge in [-0.15, -0.1) is 0 Å². The Balaban J connectivity index is 1.48. The Morgan fingerprint density at radius 2 is 1.80 bits per heavy atom. The Morgan fingerprint density at radius 3 is 2.45 bits per heavy atom. The van der Waals surface area contributed by atoms with E-state index in [0.29, 0.717) is 24.3 Å². The van der Waals surface area contributed by atoms with E-state index in [2.05, 4.69) is 25.9 Å². The van der Waals surface area contributed by atoms with Gasteiger partial charge in [0.2, 0.25) is 17.7 Å². The molecule has 2 heterocycles. The maximum absolute atomic E-state index is 15.4. The third-order valence-electron chi connectivity index (χ3n) is 8.74. The minimum atomic E-state index is -0.837. The van der Waals surface area contributed by atoms with Crippen LogP contribution in [-0.2, 0) is 27.3 Å². The van der Waals surface area contributed by atoms with E-state index in [1.165, 1.54) is 12.1 Å². The van der Waals surface area contributed by atoms with Crippen molar-refractivity contribution in [1.29, 1.82) is 0 Å². The molecule has 1 aromatic heterocycles. The van der Waals surface area contributed by atoms with Crippen LogP contribution in [0.1, 0.15) is 75.3 Å². The summed E-state index contributed by atoms with van der Waals surface area (Å²) in [5, 5.41) is 12.6. The number of anilines is 1. The van der Waals surface area contributed by atoms with Crippen LogP contribution in [-0.4, -0.2) is 88.0 Å². The van der Waals surface area contributed by atoms with Crippen LogP contribution in [0.3, 0.4) is 0 Å². The number of hydrogen-bond acceptors (Lipinski definition) is 6. The first-order valence-corrected chi connectivity index (χ1v) is 15.8. The van der Waals surface area contributed by atoms with Crippen molar-refractivity contribution in [2.75, 3.05) is 32.0 Å². The molecule has 12 heteroatoms. The van der Waals surface area contributed by atoms with Gasteiger partial charge in [-0.1, -0.05) is 32.3 Å². The molecule has 1 aliphatic heterocycles. The smallest absolute Gasteiger partial charge is 0.270 e. The standard InChI is InChI=1S/C32H46FN7O4/c1-5-28(41)35-26(32(44)39-17-16-38(4)20-21(39)3)19-22-12-13-25(24(33)18-22)36-31(43)29(23-10-8-7-9-11-23)37-30(42)27-14-15-34-40(27)6-2/h12-15,18,21,23,26,29H,5-11,16-17,19-20H2,1-4H3,(H,35,41)(H,36,43)(H,37,42)/t21-,26+,29-/m0/s1. The minimum absolute atomic E-state index is 0.0134. The first-order valence-electron chi connectivity index (χ1n) is 15.8. The van der Waals surface area contributed by atoms with E-state index in [9.17, 15) is 19.2 Å². The normalized spacial score (nSPS) is 19.2. The summed E-state index contributed by atoms with van der Waals surface area (Å²) in [6.07, 6.45) is 6.45. The largest absolute Gasteiger partial charge is 0.344 e. The highest BCUT2D eigenvalue weighted by molar-refractivity contribution is 6.00. The van der Waals surface area contributed by atoms with Crippen molar-refractivity contribution in [3.05, 3.63) is 47.5 Å². The quantitative estimate of drug-likeness (QED) is 0.359. The second kappa shape index (κ2) is 15.3. The van der Waals surface area contributed by atoms with Crippen molar-refractivity contribution in [2.24, 2.45) is 5.92 Å². The molecule has 1 saturated carbocycles. The van der Waals surface area contributed by atoms with E-state index in [1.54, 1.807) is 34.8 Å². The van der Waals surface area contributed by atoms with Gasteiger partial charge < -0.3 is 25.8 Å². The molecule has 3 N–H and O–H groups in total. The Hall–Kier alpha value is -3.80. The summed E-state index contributed by atoms with van der Waals surface area (Å²) in [6, 6.07) is 4.33. The lowest BCUT2D eigenvalue weighted by atomic mass is 9.83. The average Bonchev–Trinajstić information content (AvgIpc) is 3.50. The number of aromatic nitrogens is 2. The molecule has 1 aromatic carbocycles. The Labute approximate surface area is 258 Å². The van der Waals surface area contributed by atoms with E-state index < -0.39 is 29.7 Å². The van der Waals surface area contributed by atoms with E-state index in [-0.39, 0.29) is 42.3 Å². The molecule has 0 bridgehead atoms. The van der Waals surface area contributed by atoms with Crippen molar-refractivity contribution in [2.45, 2.75) is 90.4 Å². The minimum Gasteiger partial charge on any atom is -0.344 e. The molecule has 11 nitrogen and oxygen atoms in total. The Kier molecular flexibility index (Phi) is 11.5. The van der Waals surface area contributed by atoms with E-state index >= 15 is 4.39 Å². The first kappa shape index (κ1) is 33.1. The summed E-state index contributed by atoms with van der Waals surface area (Å²) >= 11 is 0. The Bertz CT molecular complexity index is 1330. The summed E-state index contributed by atoms with van der Waals surface area (Å²) in [7, 11) is 2.01. The first-order chi connectivity index (χ1) is 21.1. The third-order valence-corrected chi connectivity index (χ3v) is 8.74. The number of amides is 4. The van der Waals surface area contributed by atoms with Crippen molar-refractivity contribution in [3.63, 3.8) is 0 Å². The van der Waals surface area contributed by atoms with Gasteiger partial charge in [0.05, 0.1) is 5.69 Å². The number of carbonyl (C=O) groups is 4. The molecule has 0 unspecified atom stereocenters. The lowest BCUT2D eigenvalue weighted by molar-refractivity contribution is -0.140. The number of likely N-dealkylation sites (N-methyl/N-ethyl adjacent to an activating group) is 1. The molecule has 3 atom stereocenters. The molecule has 0 radical (unpaired) electrons. The molecular formula is C32H46FN7O4. The topological polar surface area (TPSA) is 129 Å². The number of piperazine rings is 1. The van der Waals surface area contributed by atoms with Crippen molar-refractivity contribution < 1.29 is 23.6 Å². The molecule has 2 aromatic rings. The summed E-state index contributed by atoms with van der Waals surface area (Å²) in [4.78, 5) is 56.4. The van der Waals surface area contributed by atoms with Gasteiger partial charge in [-0.05, 0) is 63.4 Å². The number of benzene rings is 1. The monoisotopic (exact) mass is 611 g/mol. The zero-order chi connectivity index (χ0) is 31.8. The van der Waals surface area contributed by atoms with E-state index in [0.717, 1.165) is 45.2 Å². The molecule has 240 valence electrons. The molecule has 1 saturated heterocycles. The average molecular weight is 612 g/mol. The lowest BCUT2D eigenvalue weighted by Gasteiger charge is -2.40. The van der Waals surface area contributed by atoms with Gasteiger partial charge in [-0.25, -0.2) is 4.39 Å². The second-order valence-electron chi connectivity index (χ2n) is 12.0. The maximum atomic E-state index is 15.4. The number of nitrogens with zero attached hydrogens (tertiary/aromatic N) is 4. The number of halogens is 1. The fourth-order valence-corrected chi connectivity index (χ4v) is 6.25. The van der Waals surface area contributed by atoms with Crippen LogP contribution < -0.4 is 16.0 Å². The third kappa shape index (κ3) is 8.22. The maximum Gasteiger partial charge on any atom is 0.270 e. The van der Waals surface area contributed by atoms with Crippen LogP contribution in [0.25, 0.3) is 0 Å². The predicted octanol–water partition coefficient (Wildman–Crippen LogP) is 2.96. The van der Waals surface area contributed by atoms with Gasteiger partial charge in [0.25, 0.3) is 5.91 Å². The summed E-state index contributed by atoms with van der Waals surface area (Å²) in [5.74, 6) is -2.06. The predicted molar refractivity (Wildman–Crippen MR) is 165 cm³/mol. The lowest BCUT2D eigenvalue weighted by Crippen LogP contribution is -2.58. The molecule has 0 spiro atoms. The molecule has 2 aliphatic rings. The number of aryl methyl sites for hydroxylation is 1. The molecule has 44 heavy (non-hydrogen) atoms. The molecule has 4 rings (SSSR count). The summed E-state index contributed by atoms with van der Waals surface area (Å²) < 4.78 is 17.0. The molecular weight excluding hydrogens is 565 g/mol. The highest BCUT2D eigenvalue weighted by atomic mass is 19.1. The van der Waals surface area contributed by atoms with Gasteiger partial charge in [-0.2, -0.15) is 5.10 Å². The van der Waals surface area contributed by atoms with Crippen molar-refractivity contribution in [3.8, 4) is 0 Å². The SMILES string of the molecule is CCC(=O)N[C@H](Cc1ccc(NC(=O)[C@@H](NC(=O)c2ccnn2CC)C2CCCCC2)c(F)c1)C(=O)N1CCN(C)C[C@@H]1C. The molecule has 2 fully saturated rings. The molecule has 1 aliphatic carbocycles.